The van der Waals surface area contributed by atoms with E-state index in [0.29, 0.717) is 19.1 Å². The van der Waals surface area contributed by atoms with Gasteiger partial charge >= 0.3 is 0 Å². The average Bonchev–Trinajstić information content (AvgIpc) is 2.90. The van der Waals surface area contributed by atoms with Gasteiger partial charge in [-0.25, -0.2) is 4.99 Å². The van der Waals surface area contributed by atoms with Crippen molar-refractivity contribution in [2.24, 2.45) is 18.0 Å². The van der Waals surface area contributed by atoms with Crippen LogP contribution >= 0.6 is 24.0 Å². The van der Waals surface area contributed by atoms with Crippen molar-refractivity contribution in [2.75, 3.05) is 26.3 Å². The summed E-state index contributed by atoms with van der Waals surface area (Å²) in [5.41, 5.74) is 3.68. The van der Waals surface area contributed by atoms with Crippen LogP contribution in [0.2, 0.25) is 0 Å². The Bertz CT molecular complexity index is 528. The molecule has 0 unspecified atom stereocenters. The molecule has 0 spiro atoms. The lowest BCUT2D eigenvalue weighted by atomic mass is 10.1. The van der Waals surface area contributed by atoms with Gasteiger partial charge in [-0.15, -0.1) is 24.0 Å². The largest absolute Gasteiger partial charge is 0.380 e. The lowest BCUT2D eigenvalue weighted by Gasteiger charge is -2.12. The van der Waals surface area contributed by atoms with Crippen LogP contribution in [0.5, 0.6) is 0 Å². The van der Waals surface area contributed by atoms with Crippen molar-refractivity contribution in [1.82, 2.24) is 20.4 Å². The maximum absolute atomic E-state index is 5.65. The van der Waals surface area contributed by atoms with Crippen molar-refractivity contribution in [1.29, 1.82) is 0 Å². The second-order valence-electron chi connectivity index (χ2n) is 6.62. The molecule has 0 amide bonds. The summed E-state index contributed by atoms with van der Waals surface area (Å²) in [5, 5.41) is 11.3. The highest BCUT2D eigenvalue weighted by Gasteiger charge is 2.13. The van der Waals surface area contributed by atoms with Crippen molar-refractivity contribution >= 4 is 29.9 Å². The van der Waals surface area contributed by atoms with Gasteiger partial charge in [0, 0.05) is 38.0 Å². The molecule has 0 saturated carbocycles. The molecule has 1 aromatic rings. The lowest BCUT2D eigenvalue weighted by molar-refractivity contribution is 0.128. The third-order valence-electron chi connectivity index (χ3n) is 4.15. The monoisotopic (exact) mass is 479 g/mol. The van der Waals surface area contributed by atoms with Crippen molar-refractivity contribution < 1.29 is 4.74 Å². The summed E-state index contributed by atoms with van der Waals surface area (Å²) in [6, 6.07) is 0. The molecule has 7 heteroatoms. The first kappa shape index (κ1) is 25.2. The van der Waals surface area contributed by atoms with Gasteiger partial charge in [0.05, 0.1) is 18.8 Å². The van der Waals surface area contributed by atoms with Gasteiger partial charge in [-0.3, -0.25) is 4.68 Å². The van der Waals surface area contributed by atoms with E-state index in [4.69, 9.17) is 9.73 Å². The molecule has 1 rings (SSSR count). The van der Waals surface area contributed by atoms with E-state index in [0.717, 1.165) is 50.6 Å². The number of halogens is 1. The van der Waals surface area contributed by atoms with Crippen molar-refractivity contribution in [3.05, 3.63) is 17.0 Å². The summed E-state index contributed by atoms with van der Waals surface area (Å²) < 4.78 is 7.65. The summed E-state index contributed by atoms with van der Waals surface area (Å²) in [6.45, 7) is 14.6. The Balaban J connectivity index is 0.00000625. The fourth-order valence-corrected chi connectivity index (χ4v) is 2.74. The average molecular weight is 479 g/mol. The first-order chi connectivity index (χ1) is 12.0. The number of nitrogens with zero attached hydrogens (tertiary/aromatic N) is 3. The Morgan fingerprint density at radius 1 is 1.15 bits per heavy atom. The molecule has 0 bridgehead atoms. The molecule has 0 radical (unpaired) electrons. The molecule has 1 aromatic heterocycles. The maximum Gasteiger partial charge on any atom is 0.191 e. The number of nitrogens with one attached hydrogen (secondary N) is 2. The van der Waals surface area contributed by atoms with Gasteiger partial charge in [-0.1, -0.05) is 27.7 Å². The predicted octanol–water partition coefficient (Wildman–Crippen LogP) is 3.28. The van der Waals surface area contributed by atoms with E-state index >= 15 is 0 Å². The van der Waals surface area contributed by atoms with Gasteiger partial charge in [0.2, 0.25) is 0 Å². The molecule has 0 aromatic carbocycles. The van der Waals surface area contributed by atoms with Crippen LogP contribution in [0, 0.1) is 5.92 Å². The van der Waals surface area contributed by atoms with Gasteiger partial charge in [-0.2, -0.15) is 5.10 Å². The minimum atomic E-state index is 0. The Kier molecular flexibility index (Phi) is 13.8. The smallest absolute Gasteiger partial charge is 0.191 e. The number of guanidine groups is 1. The first-order valence-electron chi connectivity index (χ1n) is 9.66. The highest BCUT2D eigenvalue weighted by Crippen LogP contribution is 2.16. The Labute approximate surface area is 176 Å². The topological polar surface area (TPSA) is 63.5 Å². The number of aliphatic imine (C=N–C) groups is 1. The van der Waals surface area contributed by atoms with Gasteiger partial charge in [0.1, 0.15) is 0 Å². The lowest BCUT2D eigenvalue weighted by Crippen LogP contribution is -2.39. The van der Waals surface area contributed by atoms with Gasteiger partial charge in [-0.05, 0) is 32.1 Å². The quantitative estimate of drug-likeness (QED) is 0.221. The van der Waals surface area contributed by atoms with E-state index in [1.54, 1.807) is 0 Å². The fraction of sp³-hybridized carbons (Fsp3) is 0.789. The standard InChI is InChI=1S/C19H37N5O.HI/c1-7-17-16(18(8-2)24(6)23-17)14-22-19(20-9-3)21-11-13-25-12-10-15(4)5;/h15H,7-14H2,1-6H3,(H2,20,21,22);1H. The van der Waals surface area contributed by atoms with Crippen LogP contribution in [0.1, 0.15) is 58.0 Å². The summed E-state index contributed by atoms with van der Waals surface area (Å²) in [7, 11) is 2.02. The van der Waals surface area contributed by atoms with Crippen LogP contribution in [0.25, 0.3) is 0 Å². The summed E-state index contributed by atoms with van der Waals surface area (Å²) in [6.07, 6.45) is 3.02. The van der Waals surface area contributed by atoms with Crippen LogP contribution in [-0.2, 0) is 31.2 Å². The third-order valence-corrected chi connectivity index (χ3v) is 4.15. The minimum Gasteiger partial charge on any atom is -0.380 e. The highest BCUT2D eigenvalue weighted by atomic mass is 127. The summed E-state index contributed by atoms with van der Waals surface area (Å²) in [4.78, 5) is 4.75. The van der Waals surface area contributed by atoms with E-state index in [1.807, 2.05) is 11.7 Å². The molecular formula is C19H38IN5O. The van der Waals surface area contributed by atoms with Crippen LogP contribution in [0.15, 0.2) is 4.99 Å². The third kappa shape index (κ3) is 8.70. The molecule has 2 N–H and O–H groups in total. The fourth-order valence-electron chi connectivity index (χ4n) is 2.74. The van der Waals surface area contributed by atoms with Crippen LogP contribution < -0.4 is 10.6 Å². The Hall–Kier alpha value is -0.830. The van der Waals surface area contributed by atoms with E-state index in [1.165, 1.54) is 11.3 Å². The first-order valence-corrected chi connectivity index (χ1v) is 9.66. The number of hydrogen-bond donors (Lipinski definition) is 2. The van der Waals surface area contributed by atoms with E-state index in [9.17, 15) is 0 Å². The SMILES string of the molecule is CCNC(=NCc1c(CC)nn(C)c1CC)NCCOCCC(C)C.I. The molecule has 26 heavy (non-hydrogen) atoms. The van der Waals surface area contributed by atoms with Crippen molar-refractivity contribution in [3.63, 3.8) is 0 Å². The minimum absolute atomic E-state index is 0. The zero-order valence-corrected chi connectivity index (χ0v) is 19.7. The van der Waals surface area contributed by atoms with E-state index in [-0.39, 0.29) is 24.0 Å². The summed E-state index contributed by atoms with van der Waals surface area (Å²) >= 11 is 0. The van der Waals surface area contributed by atoms with Gasteiger partial charge < -0.3 is 15.4 Å². The predicted molar refractivity (Wildman–Crippen MR) is 120 cm³/mol. The highest BCUT2D eigenvalue weighted by molar-refractivity contribution is 14.0. The van der Waals surface area contributed by atoms with Gasteiger partial charge in [0.25, 0.3) is 0 Å². The van der Waals surface area contributed by atoms with Crippen LogP contribution in [0.4, 0.5) is 0 Å². The number of rotatable bonds is 11. The van der Waals surface area contributed by atoms with Crippen LogP contribution in [0.3, 0.4) is 0 Å². The van der Waals surface area contributed by atoms with Crippen LogP contribution in [-0.4, -0.2) is 42.0 Å². The second kappa shape index (κ2) is 14.3. The molecule has 1 heterocycles. The molecular weight excluding hydrogens is 441 g/mol. The molecule has 0 aliphatic heterocycles. The number of ether oxygens (including phenoxy) is 1. The Morgan fingerprint density at radius 3 is 2.46 bits per heavy atom. The molecule has 0 aliphatic carbocycles. The number of aromatic nitrogens is 2. The summed E-state index contributed by atoms with van der Waals surface area (Å²) in [5.74, 6) is 1.52. The van der Waals surface area contributed by atoms with Crippen molar-refractivity contribution in [3.8, 4) is 0 Å². The number of aryl methyl sites for hydroxylation is 2. The van der Waals surface area contributed by atoms with Crippen molar-refractivity contribution in [2.45, 2.75) is 60.4 Å². The Morgan fingerprint density at radius 2 is 1.88 bits per heavy atom. The second-order valence-corrected chi connectivity index (χ2v) is 6.62. The van der Waals surface area contributed by atoms with E-state index in [2.05, 4.69) is 50.4 Å². The molecule has 0 atom stereocenters. The molecule has 0 saturated heterocycles. The molecule has 152 valence electrons. The zero-order valence-electron chi connectivity index (χ0n) is 17.4. The number of hydrogen-bond acceptors (Lipinski definition) is 3. The zero-order chi connectivity index (χ0) is 18.7. The normalized spacial score (nSPS) is 11.6. The maximum atomic E-state index is 5.65. The van der Waals surface area contributed by atoms with Gasteiger partial charge in [0.15, 0.2) is 5.96 Å². The molecule has 6 nitrogen and oxygen atoms in total. The molecule has 0 fully saturated rings. The van der Waals surface area contributed by atoms with E-state index < -0.39 is 0 Å². The molecule has 0 aliphatic rings.